The van der Waals surface area contributed by atoms with Gasteiger partial charge in [0.05, 0.1) is 13.7 Å². The molecule has 0 radical (unpaired) electrons. The van der Waals surface area contributed by atoms with E-state index in [1.807, 2.05) is 32.0 Å². The fourth-order valence-electron chi connectivity index (χ4n) is 1.43. The maximum Gasteiger partial charge on any atom is 0.219 e. The number of ether oxygens (including phenoxy) is 2. The van der Waals surface area contributed by atoms with E-state index >= 15 is 0 Å². The van der Waals surface area contributed by atoms with Crippen LogP contribution in [0.15, 0.2) is 18.2 Å². The summed E-state index contributed by atoms with van der Waals surface area (Å²) in [5.74, 6) is 1.45. The maximum atomic E-state index is 11.2. The standard InChI is InChI=1S/C13H19NO3/c1-4-13(15)14-9-10-6-7-11(16-3)12(8-10)17-5-2/h6-8H,4-5,9H2,1-3H3,(H,14,15). The number of nitrogens with one attached hydrogen (secondary N) is 1. The molecule has 4 nitrogen and oxygen atoms in total. The van der Waals surface area contributed by atoms with Crippen molar-refractivity contribution in [2.24, 2.45) is 0 Å². The van der Waals surface area contributed by atoms with Gasteiger partial charge in [0.15, 0.2) is 11.5 Å². The second-order valence-electron chi connectivity index (χ2n) is 3.55. The first-order valence-corrected chi connectivity index (χ1v) is 5.77. The molecule has 0 unspecified atom stereocenters. The third-order valence-corrected chi connectivity index (χ3v) is 2.34. The Morgan fingerprint density at radius 1 is 1.29 bits per heavy atom. The van der Waals surface area contributed by atoms with Crippen LogP contribution < -0.4 is 14.8 Å². The number of carbonyl (C=O) groups excluding carboxylic acids is 1. The van der Waals surface area contributed by atoms with Crippen molar-refractivity contribution in [2.45, 2.75) is 26.8 Å². The SMILES string of the molecule is CCOc1cc(CNC(=O)CC)ccc1OC. The molecule has 0 saturated carbocycles. The van der Waals surface area contributed by atoms with Crippen molar-refractivity contribution in [1.29, 1.82) is 0 Å². The number of methoxy groups -OCH3 is 1. The predicted molar refractivity (Wildman–Crippen MR) is 66.3 cm³/mol. The maximum absolute atomic E-state index is 11.2. The van der Waals surface area contributed by atoms with Crippen LogP contribution in [0.25, 0.3) is 0 Å². The van der Waals surface area contributed by atoms with Crippen LogP contribution in [0, 0.1) is 0 Å². The van der Waals surface area contributed by atoms with Crippen molar-refractivity contribution in [3.8, 4) is 11.5 Å². The second kappa shape index (κ2) is 6.78. The Hall–Kier alpha value is -1.71. The third-order valence-electron chi connectivity index (χ3n) is 2.34. The van der Waals surface area contributed by atoms with E-state index in [2.05, 4.69) is 5.32 Å². The van der Waals surface area contributed by atoms with Gasteiger partial charge < -0.3 is 14.8 Å². The Kier molecular flexibility index (Phi) is 5.33. The largest absolute Gasteiger partial charge is 0.493 e. The van der Waals surface area contributed by atoms with Crippen molar-refractivity contribution >= 4 is 5.91 Å². The molecule has 0 spiro atoms. The van der Waals surface area contributed by atoms with Gasteiger partial charge in [0.1, 0.15) is 0 Å². The van der Waals surface area contributed by atoms with Crippen LogP contribution in [0.4, 0.5) is 0 Å². The minimum Gasteiger partial charge on any atom is -0.493 e. The Bertz CT molecular complexity index is 377. The van der Waals surface area contributed by atoms with Gasteiger partial charge in [0.2, 0.25) is 5.91 Å². The molecular weight excluding hydrogens is 218 g/mol. The monoisotopic (exact) mass is 237 g/mol. The van der Waals surface area contributed by atoms with E-state index in [1.165, 1.54) is 0 Å². The molecule has 17 heavy (non-hydrogen) atoms. The van der Waals surface area contributed by atoms with Gasteiger partial charge in [-0.1, -0.05) is 13.0 Å². The minimum atomic E-state index is 0.0405. The molecule has 1 N–H and O–H groups in total. The van der Waals surface area contributed by atoms with Gasteiger partial charge in [-0.25, -0.2) is 0 Å². The van der Waals surface area contributed by atoms with Gasteiger partial charge in [-0.15, -0.1) is 0 Å². The van der Waals surface area contributed by atoms with E-state index in [0.717, 1.165) is 5.56 Å². The van der Waals surface area contributed by atoms with Crippen molar-refractivity contribution < 1.29 is 14.3 Å². The van der Waals surface area contributed by atoms with Crippen LogP contribution in [-0.2, 0) is 11.3 Å². The van der Waals surface area contributed by atoms with Gasteiger partial charge in [0.25, 0.3) is 0 Å². The zero-order valence-electron chi connectivity index (χ0n) is 10.6. The van der Waals surface area contributed by atoms with Crippen molar-refractivity contribution in [2.75, 3.05) is 13.7 Å². The molecule has 0 bridgehead atoms. The van der Waals surface area contributed by atoms with Gasteiger partial charge in [-0.2, -0.15) is 0 Å². The lowest BCUT2D eigenvalue weighted by Gasteiger charge is -2.11. The number of amides is 1. The zero-order chi connectivity index (χ0) is 12.7. The summed E-state index contributed by atoms with van der Waals surface area (Å²) in [5, 5.41) is 2.82. The summed E-state index contributed by atoms with van der Waals surface area (Å²) in [7, 11) is 1.61. The fraction of sp³-hybridized carbons (Fsp3) is 0.462. The molecule has 0 aliphatic carbocycles. The molecule has 0 saturated heterocycles. The first-order valence-electron chi connectivity index (χ1n) is 5.77. The molecular formula is C13H19NO3. The molecule has 0 aromatic heterocycles. The highest BCUT2D eigenvalue weighted by Crippen LogP contribution is 2.27. The second-order valence-corrected chi connectivity index (χ2v) is 3.55. The average molecular weight is 237 g/mol. The molecule has 1 amide bonds. The Labute approximate surface area is 102 Å². The molecule has 4 heteroatoms. The lowest BCUT2D eigenvalue weighted by atomic mass is 10.2. The molecule has 1 aromatic rings. The predicted octanol–water partition coefficient (Wildman–Crippen LogP) is 2.12. The van der Waals surface area contributed by atoms with E-state index in [-0.39, 0.29) is 5.91 Å². The van der Waals surface area contributed by atoms with Crippen LogP contribution in [0.1, 0.15) is 25.8 Å². The summed E-state index contributed by atoms with van der Waals surface area (Å²) in [5.41, 5.74) is 0.996. The average Bonchev–Trinajstić information content (AvgIpc) is 2.36. The Morgan fingerprint density at radius 3 is 2.65 bits per heavy atom. The summed E-state index contributed by atoms with van der Waals surface area (Å²) in [6.07, 6.45) is 0.495. The summed E-state index contributed by atoms with van der Waals surface area (Å²) in [4.78, 5) is 11.2. The topological polar surface area (TPSA) is 47.6 Å². The molecule has 0 aliphatic rings. The first kappa shape index (κ1) is 13.4. The van der Waals surface area contributed by atoms with Gasteiger partial charge >= 0.3 is 0 Å². The molecule has 0 fully saturated rings. The molecule has 0 atom stereocenters. The smallest absolute Gasteiger partial charge is 0.219 e. The fourth-order valence-corrected chi connectivity index (χ4v) is 1.43. The lowest BCUT2D eigenvalue weighted by molar-refractivity contribution is -0.120. The molecule has 94 valence electrons. The van der Waals surface area contributed by atoms with Crippen LogP contribution in [0.5, 0.6) is 11.5 Å². The van der Waals surface area contributed by atoms with Crippen molar-refractivity contribution in [3.05, 3.63) is 23.8 Å². The summed E-state index contributed by atoms with van der Waals surface area (Å²) in [6, 6.07) is 5.65. The van der Waals surface area contributed by atoms with Crippen molar-refractivity contribution in [3.63, 3.8) is 0 Å². The van der Waals surface area contributed by atoms with E-state index < -0.39 is 0 Å². The number of benzene rings is 1. The molecule has 1 rings (SSSR count). The summed E-state index contributed by atoms with van der Waals surface area (Å²) < 4.78 is 10.7. The Balaban J connectivity index is 2.73. The zero-order valence-corrected chi connectivity index (χ0v) is 10.6. The van der Waals surface area contributed by atoms with Crippen LogP contribution in [-0.4, -0.2) is 19.6 Å². The molecule has 1 aromatic carbocycles. The number of hydrogen-bond donors (Lipinski definition) is 1. The third kappa shape index (κ3) is 3.98. The number of rotatable bonds is 6. The van der Waals surface area contributed by atoms with Crippen LogP contribution in [0.2, 0.25) is 0 Å². The molecule has 0 aliphatic heterocycles. The van der Waals surface area contributed by atoms with Gasteiger partial charge in [0, 0.05) is 13.0 Å². The summed E-state index contributed by atoms with van der Waals surface area (Å²) >= 11 is 0. The lowest BCUT2D eigenvalue weighted by Crippen LogP contribution is -2.21. The quantitative estimate of drug-likeness (QED) is 0.824. The highest BCUT2D eigenvalue weighted by molar-refractivity contribution is 5.75. The highest BCUT2D eigenvalue weighted by Gasteiger charge is 2.05. The van der Waals surface area contributed by atoms with Crippen molar-refractivity contribution in [1.82, 2.24) is 5.32 Å². The van der Waals surface area contributed by atoms with E-state index in [1.54, 1.807) is 7.11 Å². The van der Waals surface area contributed by atoms with Gasteiger partial charge in [-0.05, 0) is 24.6 Å². The van der Waals surface area contributed by atoms with E-state index in [0.29, 0.717) is 31.1 Å². The van der Waals surface area contributed by atoms with Crippen LogP contribution >= 0.6 is 0 Å². The highest BCUT2D eigenvalue weighted by atomic mass is 16.5. The van der Waals surface area contributed by atoms with Gasteiger partial charge in [-0.3, -0.25) is 4.79 Å². The van der Waals surface area contributed by atoms with E-state index in [9.17, 15) is 4.79 Å². The normalized spacial score (nSPS) is 9.82. The number of carbonyl (C=O) groups is 1. The van der Waals surface area contributed by atoms with Crippen LogP contribution in [0.3, 0.4) is 0 Å². The first-order chi connectivity index (χ1) is 8.21. The minimum absolute atomic E-state index is 0.0405. The summed E-state index contributed by atoms with van der Waals surface area (Å²) in [6.45, 7) is 4.85. The van der Waals surface area contributed by atoms with E-state index in [4.69, 9.17) is 9.47 Å². The Morgan fingerprint density at radius 2 is 2.06 bits per heavy atom. The molecule has 0 heterocycles. The number of hydrogen-bond acceptors (Lipinski definition) is 3.